The summed E-state index contributed by atoms with van der Waals surface area (Å²) in [5, 5.41) is 0. The van der Waals surface area contributed by atoms with Gasteiger partial charge in [-0.15, -0.1) is 0 Å². The molecule has 1 amide bonds. The second kappa shape index (κ2) is 5.85. The molecule has 1 aliphatic carbocycles. The van der Waals surface area contributed by atoms with Crippen LogP contribution in [0.25, 0.3) is 0 Å². The smallest absolute Gasteiger partial charge is 0.421 e. The van der Waals surface area contributed by atoms with Crippen LogP contribution in [-0.2, 0) is 14.9 Å². The van der Waals surface area contributed by atoms with Gasteiger partial charge in [-0.3, -0.25) is 0 Å². The maximum Gasteiger partial charge on any atom is 0.421 e. The molecule has 0 saturated heterocycles. The van der Waals surface area contributed by atoms with Crippen molar-refractivity contribution in [2.75, 3.05) is 13.7 Å². The number of ether oxygens (including phenoxy) is 1. The van der Waals surface area contributed by atoms with Crippen molar-refractivity contribution in [3.05, 3.63) is 0 Å². The first-order chi connectivity index (χ1) is 8.32. The van der Waals surface area contributed by atoms with E-state index in [0.29, 0.717) is 18.8 Å². The fourth-order valence-corrected chi connectivity index (χ4v) is 3.63. The van der Waals surface area contributed by atoms with Crippen molar-refractivity contribution in [3.63, 3.8) is 0 Å². The molecule has 0 radical (unpaired) electrons. The highest BCUT2D eigenvalue weighted by atomic mass is 32.2. The average molecular weight is 279 g/mol. The van der Waals surface area contributed by atoms with E-state index in [-0.39, 0.29) is 6.54 Å². The van der Waals surface area contributed by atoms with Gasteiger partial charge < -0.3 is 10.5 Å². The highest BCUT2D eigenvalue weighted by Crippen LogP contribution is 2.31. The van der Waals surface area contributed by atoms with Crippen molar-refractivity contribution < 1.29 is 17.9 Å². The molecule has 106 valence electrons. The number of nitrogens with one attached hydrogen (secondary N) is 2. The number of rotatable bonds is 4. The summed E-state index contributed by atoms with van der Waals surface area (Å²) in [5.74, 6) is 0.406. The molecule has 0 spiro atoms. The second-order valence-electron chi connectivity index (χ2n) is 4.89. The normalized spacial score (nSPS) is 28.7. The molecule has 18 heavy (non-hydrogen) atoms. The molecule has 0 aliphatic heterocycles. The Hall–Kier alpha value is -0.860. The monoisotopic (exact) mass is 279 g/mol. The van der Waals surface area contributed by atoms with Gasteiger partial charge in [-0.25, -0.2) is 9.52 Å². The molecule has 0 bridgehead atoms. The molecule has 8 heteroatoms. The first kappa shape index (κ1) is 15.2. The lowest BCUT2D eigenvalue weighted by molar-refractivity contribution is 0.177. The number of amides is 1. The molecule has 0 heterocycles. The number of carbonyl (C=O) groups is 1. The number of nitrogens with two attached hydrogens (primary N) is 1. The lowest BCUT2D eigenvalue weighted by Crippen LogP contribution is -2.59. The molecular weight excluding hydrogens is 258 g/mol. The van der Waals surface area contributed by atoms with Gasteiger partial charge in [-0.1, -0.05) is 19.8 Å². The summed E-state index contributed by atoms with van der Waals surface area (Å²) in [4.78, 5) is 10.9. The van der Waals surface area contributed by atoms with E-state index < -0.39 is 21.8 Å². The molecule has 1 aliphatic rings. The third kappa shape index (κ3) is 4.11. The lowest BCUT2D eigenvalue weighted by atomic mass is 9.77. The third-order valence-corrected chi connectivity index (χ3v) is 4.37. The van der Waals surface area contributed by atoms with E-state index in [0.717, 1.165) is 20.0 Å². The van der Waals surface area contributed by atoms with E-state index in [1.807, 2.05) is 0 Å². The van der Waals surface area contributed by atoms with Gasteiger partial charge in [0.2, 0.25) is 0 Å². The van der Waals surface area contributed by atoms with E-state index in [2.05, 4.69) is 16.4 Å². The summed E-state index contributed by atoms with van der Waals surface area (Å²) in [7, 11) is -2.84. The van der Waals surface area contributed by atoms with E-state index in [1.54, 1.807) is 4.72 Å². The van der Waals surface area contributed by atoms with Crippen LogP contribution in [0.5, 0.6) is 0 Å². The number of carbonyl (C=O) groups excluding carboxylic acids is 1. The predicted molar refractivity (Wildman–Crippen MR) is 67.0 cm³/mol. The molecule has 0 aromatic rings. The summed E-state index contributed by atoms with van der Waals surface area (Å²) < 4.78 is 32.0. The Morgan fingerprint density at radius 1 is 1.56 bits per heavy atom. The zero-order chi connectivity index (χ0) is 13.8. The number of hydrogen-bond acceptors (Lipinski definition) is 5. The van der Waals surface area contributed by atoms with Gasteiger partial charge in [0.1, 0.15) is 0 Å². The minimum absolute atomic E-state index is 0.208. The minimum atomic E-state index is -3.94. The van der Waals surface area contributed by atoms with Crippen LogP contribution >= 0.6 is 0 Å². The topological polar surface area (TPSA) is 111 Å². The van der Waals surface area contributed by atoms with Crippen LogP contribution in [0, 0.1) is 5.92 Å². The maximum atomic E-state index is 11.8. The Kier molecular flexibility index (Phi) is 4.94. The van der Waals surface area contributed by atoms with Crippen molar-refractivity contribution in [2.24, 2.45) is 11.7 Å². The maximum absolute atomic E-state index is 11.8. The minimum Gasteiger partial charge on any atom is -0.452 e. The molecule has 7 nitrogen and oxygen atoms in total. The number of hydrogen-bond donors (Lipinski definition) is 3. The van der Waals surface area contributed by atoms with Gasteiger partial charge in [0.15, 0.2) is 0 Å². The molecular formula is C10H21N3O4S. The Balaban J connectivity index is 2.75. The molecule has 2 unspecified atom stereocenters. The molecule has 0 aromatic heterocycles. The van der Waals surface area contributed by atoms with E-state index in [9.17, 15) is 13.2 Å². The fourth-order valence-electron chi connectivity index (χ4n) is 2.44. The predicted octanol–water partition coefficient (Wildman–Crippen LogP) is 0.0844. The summed E-state index contributed by atoms with van der Waals surface area (Å²) in [5.41, 5.74) is 5.03. The molecule has 0 aromatic carbocycles. The fraction of sp³-hybridized carbons (Fsp3) is 0.900. The van der Waals surface area contributed by atoms with E-state index in [4.69, 9.17) is 5.73 Å². The number of methoxy groups -OCH3 is 1. The van der Waals surface area contributed by atoms with Gasteiger partial charge in [0.05, 0.1) is 7.11 Å². The molecule has 1 saturated carbocycles. The van der Waals surface area contributed by atoms with Crippen molar-refractivity contribution in [1.29, 1.82) is 0 Å². The summed E-state index contributed by atoms with van der Waals surface area (Å²) in [6.07, 6.45) is 2.31. The zero-order valence-electron chi connectivity index (χ0n) is 10.7. The van der Waals surface area contributed by atoms with Gasteiger partial charge in [0.25, 0.3) is 0 Å². The van der Waals surface area contributed by atoms with Gasteiger partial charge in [-0.2, -0.15) is 13.1 Å². The van der Waals surface area contributed by atoms with E-state index in [1.165, 1.54) is 0 Å². The van der Waals surface area contributed by atoms with Crippen molar-refractivity contribution in [1.82, 2.24) is 9.44 Å². The van der Waals surface area contributed by atoms with Gasteiger partial charge in [-0.05, 0) is 18.8 Å². The van der Waals surface area contributed by atoms with Crippen LogP contribution in [0.3, 0.4) is 0 Å². The van der Waals surface area contributed by atoms with Crippen LogP contribution in [0.4, 0.5) is 4.79 Å². The lowest BCUT2D eigenvalue weighted by Gasteiger charge is -2.39. The highest BCUT2D eigenvalue weighted by Gasteiger charge is 2.37. The Bertz CT molecular complexity index is 398. The van der Waals surface area contributed by atoms with Crippen LogP contribution in [0.15, 0.2) is 0 Å². The molecule has 1 fully saturated rings. The Labute approximate surface area is 108 Å². The Morgan fingerprint density at radius 3 is 2.72 bits per heavy atom. The largest absolute Gasteiger partial charge is 0.452 e. The van der Waals surface area contributed by atoms with Gasteiger partial charge in [0, 0.05) is 12.1 Å². The average Bonchev–Trinajstić information content (AvgIpc) is 2.27. The molecule has 4 N–H and O–H groups in total. The van der Waals surface area contributed by atoms with Crippen LogP contribution in [0.1, 0.15) is 32.6 Å². The van der Waals surface area contributed by atoms with Gasteiger partial charge >= 0.3 is 16.3 Å². The first-order valence-corrected chi connectivity index (χ1v) is 7.40. The van der Waals surface area contributed by atoms with Crippen molar-refractivity contribution in [3.8, 4) is 0 Å². The summed E-state index contributed by atoms with van der Waals surface area (Å²) in [6.45, 7) is 2.27. The highest BCUT2D eigenvalue weighted by molar-refractivity contribution is 7.88. The standard InChI is InChI=1S/C10H21N3O4S/c1-8-4-3-5-10(6-8,7-11)13-18(15,16)12-9(14)17-2/h8,13H,3-7,11H2,1-2H3,(H,12,14). The van der Waals surface area contributed by atoms with Crippen LogP contribution in [-0.4, -0.2) is 33.7 Å². The second-order valence-corrected chi connectivity index (χ2v) is 6.30. The molecule has 2 atom stereocenters. The summed E-state index contributed by atoms with van der Waals surface area (Å²) >= 11 is 0. The SMILES string of the molecule is COC(=O)NS(=O)(=O)NC1(CN)CCCC(C)C1. The van der Waals surface area contributed by atoms with Crippen LogP contribution < -0.4 is 15.2 Å². The first-order valence-electron chi connectivity index (χ1n) is 5.92. The van der Waals surface area contributed by atoms with E-state index >= 15 is 0 Å². The van der Waals surface area contributed by atoms with Crippen molar-refractivity contribution in [2.45, 2.75) is 38.1 Å². The summed E-state index contributed by atoms with van der Waals surface area (Å²) in [6, 6.07) is 0. The third-order valence-electron chi connectivity index (χ3n) is 3.24. The van der Waals surface area contributed by atoms with Crippen LogP contribution in [0.2, 0.25) is 0 Å². The molecule has 1 rings (SSSR count). The van der Waals surface area contributed by atoms with Crippen molar-refractivity contribution >= 4 is 16.3 Å². The quantitative estimate of drug-likeness (QED) is 0.675. The zero-order valence-corrected chi connectivity index (χ0v) is 11.5. The Morgan fingerprint density at radius 2 is 2.22 bits per heavy atom.